The van der Waals surface area contributed by atoms with Crippen LogP contribution in [0.1, 0.15) is 106 Å². The largest absolute Gasteiger partial charge is 0.462 e. The summed E-state index contributed by atoms with van der Waals surface area (Å²) in [5, 5.41) is 4.02. The second kappa shape index (κ2) is 11.0. The second-order valence-corrected chi connectivity index (χ2v) is 14.4. The predicted octanol–water partition coefficient (Wildman–Crippen LogP) is 9.05. The van der Waals surface area contributed by atoms with E-state index in [0.29, 0.717) is 23.3 Å². The summed E-state index contributed by atoms with van der Waals surface area (Å²) in [5.41, 5.74) is 3.46. The Kier molecular flexibility index (Phi) is 8.05. The number of para-hydroxylation sites is 1. The van der Waals surface area contributed by atoms with Crippen LogP contribution in [-0.4, -0.2) is 18.1 Å². The maximum atomic E-state index is 11.8. The molecule has 0 unspecified atom stereocenters. The Morgan fingerprint density at radius 2 is 1.76 bits per heavy atom. The molecule has 0 aromatic heterocycles. The van der Waals surface area contributed by atoms with Crippen LogP contribution in [0.15, 0.2) is 42.0 Å². The van der Waals surface area contributed by atoms with Crippen LogP contribution in [0.25, 0.3) is 0 Å². The standard InChI is InChI=1S/C35H53NO2/c1-23(2)11-10-12-24(3)29-15-16-30-33-31(18-20-35(29,30)6)34(5)19-17-28(38-25(4)37)21-26(34)22-32(33)36-27-13-8-7-9-14-27/h7-9,13-14,22-24,28-33,36H,10-12,15-21H2,1-6H3/t24-,28-,29-,30+,31+,32+,33+,34-,35+/m0/s1. The summed E-state index contributed by atoms with van der Waals surface area (Å²) in [6.07, 6.45) is 15.4. The van der Waals surface area contributed by atoms with E-state index in [9.17, 15) is 4.79 Å². The van der Waals surface area contributed by atoms with E-state index < -0.39 is 0 Å². The lowest BCUT2D eigenvalue weighted by Gasteiger charge is -2.60. The van der Waals surface area contributed by atoms with Crippen LogP contribution < -0.4 is 5.32 Å². The first-order valence-electron chi connectivity index (χ1n) is 15.8. The molecular weight excluding hydrogens is 466 g/mol. The van der Waals surface area contributed by atoms with Gasteiger partial charge in [-0.2, -0.15) is 0 Å². The van der Waals surface area contributed by atoms with E-state index in [1.54, 1.807) is 12.5 Å². The summed E-state index contributed by atoms with van der Waals surface area (Å²) in [4.78, 5) is 11.8. The van der Waals surface area contributed by atoms with Crippen LogP contribution in [0, 0.1) is 46.3 Å². The van der Waals surface area contributed by atoms with Crippen molar-refractivity contribution in [3.05, 3.63) is 42.0 Å². The van der Waals surface area contributed by atoms with Gasteiger partial charge in [-0.3, -0.25) is 4.79 Å². The zero-order valence-corrected chi connectivity index (χ0v) is 25.0. The molecule has 1 aromatic carbocycles. The number of fused-ring (bicyclic) bond motifs is 5. The predicted molar refractivity (Wildman–Crippen MR) is 158 cm³/mol. The maximum Gasteiger partial charge on any atom is 0.302 e. The van der Waals surface area contributed by atoms with E-state index in [0.717, 1.165) is 42.9 Å². The highest BCUT2D eigenvalue weighted by atomic mass is 16.5. The molecule has 1 N–H and O–H groups in total. The Morgan fingerprint density at radius 3 is 2.47 bits per heavy atom. The first kappa shape index (κ1) is 27.8. The molecule has 9 atom stereocenters. The van der Waals surface area contributed by atoms with Crippen molar-refractivity contribution in [2.45, 2.75) is 118 Å². The smallest absolute Gasteiger partial charge is 0.302 e. The summed E-state index contributed by atoms with van der Waals surface area (Å²) in [7, 11) is 0. The highest BCUT2D eigenvalue weighted by molar-refractivity contribution is 5.66. The molecule has 38 heavy (non-hydrogen) atoms. The number of rotatable bonds is 8. The van der Waals surface area contributed by atoms with Crippen molar-refractivity contribution in [1.82, 2.24) is 0 Å². The number of carbonyl (C=O) groups excluding carboxylic acids is 1. The van der Waals surface area contributed by atoms with Crippen LogP contribution in [0.2, 0.25) is 0 Å². The molecule has 1 aromatic rings. The van der Waals surface area contributed by atoms with Crippen molar-refractivity contribution in [3.63, 3.8) is 0 Å². The van der Waals surface area contributed by atoms with E-state index in [4.69, 9.17) is 4.74 Å². The minimum absolute atomic E-state index is 0.0390. The highest BCUT2D eigenvalue weighted by Crippen LogP contribution is 2.67. The second-order valence-electron chi connectivity index (χ2n) is 14.4. The lowest BCUT2D eigenvalue weighted by Crippen LogP contribution is -2.56. The molecule has 210 valence electrons. The van der Waals surface area contributed by atoms with Crippen LogP contribution in [0.5, 0.6) is 0 Å². The molecule has 0 heterocycles. The zero-order chi connectivity index (χ0) is 27.1. The van der Waals surface area contributed by atoms with Gasteiger partial charge in [-0.05, 0) is 97.0 Å². The van der Waals surface area contributed by atoms with E-state index in [2.05, 4.69) is 76.3 Å². The number of hydrogen-bond acceptors (Lipinski definition) is 3. The summed E-state index contributed by atoms with van der Waals surface area (Å²) in [6, 6.07) is 11.2. The molecule has 0 saturated heterocycles. The van der Waals surface area contributed by atoms with Gasteiger partial charge in [-0.15, -0.1) is 0 Å². The Labute approximate surface area is 232 Å². The molecule has 3 saturated carbocycles. The summed E-state index contributed by atoms with van der Waals surface area (Å²) in [6.45, 7) is 14.1. The van der Waals surface area contributed by atoms with E-state index in [1.165, 1.54) is 50.6 Å². The molecule has 4 aliphatic carbocycles. The molecule has 0 bridgehead atoms. The highest BCUT2D eigenvalue weighted by Gasteiger charge is 2.61. The molecule has 5 rings (SSSR count). The number of benzene rings is 1. The molecule has 0 radical (unpaired) electrons. The number of esters is 1. The van der Waals surface area contributed by atoms with Gasteiger partial charge in [-0.25, -0.2) is 0 Å². The van der Waals surface area contributed by atoms with E-state index in [-0.39, 0.29) is 17.5 Å². The van der Waals surface area contributed by atoms with Crippen molar-refractivity contribution >= 4 is 11.7 Å². The normalized spacial score (nSPS) is 39.0. The van der Waals surface area contributed by atoms with Gasteiger partial charge in [-0.1, -0.05) is 83.7 Å². The Morgan fingerprint density at radius 1 is 1.00 bits per heavy atom. The van der Waals surface area contributed by atoms with Crippen LogP contribution in [0.3, 0.4) is 0 Å². The average molecular weight is 520 g/mol. The molecule has 4 aliphatic rings. The summed E-state index contributed by atoms with van der Waals surface area (Å²) >= 11 is 0. The first-order chi connectivity index (χ1) is 18.1. The molecule has 0 amide bonds. The first-order valence-corrected chi connectivity index (χ1v) is 15.8. The SMILES string of the molecule is CC(=O)O[C@H]1CC[C@@]2(C)C(=C[C@@H](Nc3ccccc3)[C@@H]3[C@H]4CC[C@@H]([C@@H](C)CCCC(C)C)[C@@]4(C)CC[C@H]32)C1. The van der Waals surface area contributed by atoms with Crippen molar-refractivity contribution in [2.75, 3.05) is 5.32 Å². The number of carbonyl (C=O) groups is 1. The van der Waals surface area contributed by atoms with Gasteiger partial charge in [0.1, 0.15) is 6.10 Å². The number of anilines is 1. The van der Waals surface area contributed by atoms with Gasteiger partial charge in [0.15, 0.2) is 0 Å². The molecular formula is C35H53NO2. The third-order valence-corrected chi connectivity index (χ3v) is 11.8. The summed E-state index contributed by atoms with van der Waals surface area (Å²) < 4.78 is 5.75. The Hall–Kier alpha value is -1.77. The maximum absolute atomic E-state index is 11.8. The van der Waals surface area contributed by atoms with Crippen molar-refractivity contribution < 1.29 is 9.53 Å². The van der Waals surface area contributed by atoms with Gasteiger partial charge in [0, 0.05) is 25.1 Å². The number of ether oxygens (including phenoxy) is 1. The number of hydrogen-bond donors (Lipinski definition) is 1. The zero-order valence-electron chi connectivity index (χ0n) is 25.0. The monoisotopic (exact) mass is 519 g/mol. The fraction of sp³-hybridized carbons (Fsp3) is 0.743. The van der Waals surface area contributed by atoms with Crippen molar-refractivity contribution in [2.24, 2.45) is 46.3 Å². The van der Waals surface area contributed by atoms with Crippen LogP contribution in [-0.2, 0) is 9.53 Å². The van der Waals surface area contributed by atoms with Crippen molar-refractivity contribution in [3.8, 4) is 0 Å². The molecule has 3 fully saturated rings. The van der Waals surface area contributed by atoms with E-state index >= 15 is 0 Å². The van der Waals surface area contributed by atoms with Gasteiger partial charge in [0.25, 0.3) is 0 Å². The Balaban J connectivity index is 1.44. The van der Waals surface area contributed by atoms with Crippen LogP contribution in [0.4, 0.5) is 5.69 Å². The average Bonchev–Trinajstić information content (AvgIpc) is 3.22. The Bertz CT molecular complexity index is 1000. The van der Waals surface area contributed by atoms with Crippen molar-refractivity contribution in [1.29, 1.82) is 0 Å². The van der Waals surface area contributed by atoms with Gasteiger partial charge in [0.05, 0.1) is 0 Å². The quantitative estimate of drug-likeness (QED) is 0.275. The minimum atomic E-state index is -0.139. The minimum Gasteiger partial charge on any atom is -0.462 e. The van der Waals surface area contributed by atoms with Gasteiger partial charge in [0.2, 0.25) is 0 Å². The molecule has 0 aliphatic heterocycles. The number of nitrogens with one attached hydrogen (secondary N) is 1. The molecule has 3 heteroatoms. The lowest BCUT2D eigenvalue weighted by atomic mass is 9.46. The third kappa shape index (κ3) is 5.20. The fourth-order valence-corrected chi connectivity index (χ4v) is 9.88. The molecule has 0 spiro atoms. The van der Waals surface area contributed by atoms with E-state index in [1.807, 2.05) is 0 Å². The fourth-order valence-electron chi connectivity index (χ4n) is 9.88. The topological polar surface area (TPSA) is 38.3 Å². The third-order valence-electron chi connectivity index (χ3n) is 11.8. The van der Waals surface area contributed by atoms with Gasteiger partial charge < -0.3 is 10.1 Å². The van der Waals surface area contributed by atoms with Crippen LogP contribution >= 0.6 is 0 Å². The lowest BCUT2D eigenvalue weighted by molar-refractivity contribution is -0.148. The molecule has 3 nitrogen and oxygen atoms in total. The summed E-state index contributed by atoms with van der Waals surface area (Å²) in [5.74, 6) is 4.51. The van der Waals surface area contributed by atoms with Gasteiger partial charge >= 0.3 is 5.97 Å².